The Morgan fingerprint density at radius 1 is 1.30 bits per heavy atom. The molecule has 0 aliphatic rings. The molecule has 0 bridgehead atoms. The van der Waals surface area contributed by atoms with Crippen LogP contribution >= 0.6 is 0 Å². The van der Waals surface area contributed by atoms with Gasteiger partial charge >= 0.3 is 0 Å². The van der Waals surface area contributed by atoms with E-state index < -0.39 is 5.71 Å². The third-order valence-electron chi connectivity index (χ3n) is 0.497. The molecule has 10 heavy (non-hydrogen) atoms. The Labute approximate surface area is 57.3 Å². The maximum absolute atomic E-state index is 8.06. The number of hydrogen-bond donors (Lipinski definition) is 0. The van der Waals surface area contributed by atoms with E-state index in [9.17, 15) is 0 Å². The first-order valence-corrected chi connectivity index (χ1v) is 2.22. The molecule has 5 heteroatoms. The summed E-state index contributed by atoms with van der Waals surface area (Å²) in [7, 11) is 0. The van der Waals surface area contributed by atoms with Gasteiger partial charge < -0.3 is 4.84 Å². The highest BCUT2D eigenvalue weighted by atomic mass is 16.6. The molecule has 0 saturated carbocycles. The van der Waals surface area contributed by atoms with Crippen LogP contribution in [-0.4, -0.2) is 12.3 Å². The molecule has 0 N–H and O–H groups in total. The molecule has 0 unspecified atom stereocenters. The smallest absolute Gasteiger partial charge is 0.256 e. The van der Waals surface area contributed by atoms with E-state index in [0.717, 1.165) is 0 Å². The lowest BCUT2D eigenvalue weighted by molar-refractivity contribution is 0.179. The van der Waals surface area contributed by atoms with Crippen molar-refractivity contribution in [2.24, 2.45) is 5.16 Å². The van der Waals surface area contributed by atoms with Gasteiger partial charge in [-0.05, 0) is 0 Å². The van der Waals surface area contributed by atoms with Crippen molar-refractivity contribution in [2.45, 2.75) is 0 Å². The van der Waals surface area contributed by atoms with Crippen LogP contribution in [0, 0.1) is 34.0 Å². The highest BCUT2D eigenvalue weighted by Crippen LogP contribution is 1.77. The average Bonchev–Trinajstić information content (AvgIpc) is 1.99. The van der Waals surface area contributed by atoms with Crippen molar-refractivity contribution in [1.29, 1.82) is 15.8 Å². The largest absolute Gasteiger partial charge is 0.379 e. The van der Waals surface area contributed by atoms with E-state index in [0.29, 0.717) is 0 Å². The summed E-state index contributed by atoms with van der Waals surface area (Å²) in [6, 6.07) is 4.55. The van der Waals surface area contributed by atoms with Gasteiger partial charge in [0.25, 0.3) is 5.71 Å². The molecular weight excluding hydrogens is 132 g/mol. The van der Waals surface area contributed by atoms with Crippen LogP contribution in [0.15, 0.2) is 5.16 Å². The minimum absolute atomic E-state index is 0.257. The van der Waals surface area contributed by atoms with Crippen molar-refractivity contribution in [3.63, 3.8) is 0 Å². The van der Waals surface area contributed by atoms with Crippen LogP contribution in [-0.2, 0) is 4.84 Å². The molecular formula is C5H2N4O. The molecule has 48 valence electrons. The van der Waals surface area contributed by atoms with Crippen molar-refractivity contribution in [3.8, 4) is 18.2 Å². The minimum Gasteiger partial charge on any atom is -0.379 e. The molecule has 0 aromatic heterocycles. The van der Waals surface area contributed by atoms with Gasteiger partial charge in [-0.1, -0.05) is 5.16 Å². The fourth-order valence-corrected chi connectivity index (χ4v) is 0.192. The Kier molecular flexibility index (Phi) is 4.04. The Morgan fingerprint density at radius 3 is 2.30 bits per heavy atom. The maximum atomic E-state index is 8.06. The van der Waals surface area contributed by atoms with Crippen LogP contribution in [0.4, 0.5) is 0 Å². The lowest BCUT2D eigenvalue weighted by Crippen LogP contribution is -1.91. The zero-order chi connectivity index (χ0) is 7.82. The quantitative estimate of drug-likeness (QED) is 0.300. The first kappa shape index (κ1) is 7.94. The van der Waals surface area contributed by atoms with E-state index in [1.807, 2.05) is 0 Å². The number of nitrogens with zero attached hydrogens (tertiary/aromatic N) is 4. The third kappa shape index (κ3) is 3.01. The molecule has 0 heterocycles. The van der Waals surface area contributed by atoms with E-state index >= 15 is 0 Å². The Morgan fingerprint density at radius 2 is 1.90 bits per heavy atom. The van der Waals surface area contributed by atoms with Crippen LogP contribution in [0.3, 0.4) is 0 Å². The summed E-state index contributed by atoms with van der Waals surface area (Å²) >= 11 is 0. The fraction of sp³-hybridized carbons (Fsp3) is 0.200. The molecule has 0 amide bonds. The molecule has 5 nitrogen and oxygen atoms in total. The Balaban J connectivity index is 3.85. The summed E-state index contributed by atoms with van der Waals surface area (Å²) in [5.41, 5.74) is -0.393. The van der Waals surface area contributed by atoms with Gasteiger partial charge in [0.15, 0.2) is 0 Å². The van der Waals surface area contributed by atoms with Gasteiger partial charge in [-0.25, -0.2) is 0 Å². The van der Waals surface area contributed by atoms with E-state index in [4.69, 9.17) is 15.8 Å². The summed E-state index contributed by atoms with van der Waals surface area (Å²) in [4.78, 5) is 4.21. The number of hydrogen-bond acceptors (Lipinski definition) is 5. The van der Waals surface area contributed by atoms with Gasteiger partial charge in [-0.2, -0.15) is 15.8 Å². The lowest BCUT2D eigenvalue weighted by atomic mass is 10.5. The van der Waals surface area contributed by atoms with Crippen molar-refractivity contribution in [2.75, 3.05) is 6.61 Å². The average molecular weight is 134 g/mol. The van der Waals surface area contributed by atoms with Crippen molar-refractivity contribution in [1.82, 2.24) is 0 Å². The molecule has 0 saturated heterocycles. The predicted molar refractivity (Wildman–Crippen MR) is 30.2 cm³/mol. The van der Waals surface area contributed by atoms with Crippen LogP contribution in [0.25, 0.3) is 0 Å². The highest BCUT2D eigenvalue weighted by molar-refractivity contribution is 6.09. The second-order valence-corrected chi connectivity index (χ2v) is 1.10. The molecule has 0 fully saturated rings. The van der Waals surface area contributed by atoms with E-state index in [1.54, 1.807) is 6.07 Å². The molecule has 0 radical (unpaired) electrons. The van der Waals surface area contributed by atoms with Crippen molar-refractivity contribution >= 4 is 5.71 Å². The molecule has 0 atom stereocenters. The standard InChI is InChI=1S/C5H2N4O/c6-1-2-10-9-5(3-7)4-8/h2H2. The second-order valence-electron chi connectivity index (χ2n) is 1.10. The van der Waals surface area contributed by atoms with Crippen LogP contribution in [0.1, 0.15) is 0 Å². The van der Waals surface area contributed by atoms with Crippen molar-refractivity contribution < 1.29 is 4.84 Å². The van der Waals surface area contributed by atoms with Crippen LogP contribution in [0.2, 0.25) is 0 Å². The molecule has 0 aliphatic carbocycles. The fourth-order valence-electron chi connectivity index (χ4n) is 0.192. The highest BCUT2D eigenvalue weighted by Gasteiger charge is 1.91. The van der Waals surface area contributed by atoms with Gasteiger partial charge in [0, 0.05) is 0 Å². The van der Waals surface area contributed by atoms with Gasteiger partial charge in [0.05, 0.1) is 0 Å². The number of oxime groups is 1. The predicted octanol–water partition coefficient (Wildman–Crippen LogP) is -0.0703. The molecule has 0 aromatic rings. The lowest BCUT2D eigenvalue weighted by Gasteiger charge is -1.84. The van der Waals surface area contributed by atoms with E-state index in [1.165, 1.54) is 12.1 Å². The summed E-state index contributed by atoms with van der Waals surface area (Å²) in [6.07, 6.45) is 0. The summed E-state index contributed by atoms with van der Waals surface area (Å²) < 4.78 is 0. The van der Waals surface area contributed by atoms with Gasteiger partial charge in [0.2, 0.25) is 6.61 Å². The number of rotatable bonds is 2. The third-order valence-corrected chi connectivity index (χ3v) is 0.497. The van der Waals surface area contributed by atoms with E-state index in [2.05, 4.69) is 9.99 Å². The van der Waals surface area contributed by atoms with Crippen molar-refractivity contribution in [3.05, 3.63) is 0 Å². The minimum atomic E-state index is -0.393. The zero-order valence-corrected chi connectivity index (χ0v) is 4.90. The Bertz CT molecular complexity index is 232. The van der Waals surface area contributed by atoms with Gasteiger partial charge in [0.1, 0.15) is 18.2 Å². The Hall–Kier alpha value is -2.06. The maximum Gasteiger partial charge on any atom is 0.256 e. The molecule has 0 aliphatic heterocycles. The molecule has 0 spiro atoms. The first-order valence-electron chi connectivity index (χ1n) is 2.22. The first-order chi connectivity index (χ1) is 4.85. The summed E-state index contributed by atoms with van der Waals surface area (Å²) in [5, 5.41) is 27.1. The molecule has 0 rings (SSSR count). The second kappa shape index (κ2) is 5.08. The van der Waals surface area contributed by atoms with Crippen LogP contribution < -0.4 is 0 Å². The summed E-state index contributed by atoms with van der Waals surface area (Å²) in [5.74, 6) is 0. The topological polar surface area (TPSA) is 93.0 Å². The van der Waals surface area contributed by atoms with E-state index in [-0.39, 0.29) is 6.61 Å². The summed E-state index contributed by atoms with van der Waals surface area (Å²) in [6.45, 7) is -0.257. The van der Waals surface area contributed by atoms with Gasteiger partial charge in [-0.3, -0.25) is 0 Å². The normalized spacial score (nSPS) is 6.10. The monoisotopic (exact) mass is 134 g/mol. The molecule has 0 aromatic carbocycles. The SMILES string of the molecule is N#CCON=C(C#N)C#N. The number of nitriles is 3. The van der Waals surface area contributed by atoms with Gasteiger partial charge in [-0.15, -0.1) is 0 Å². The van der Waals surface area contributed by atoms with Crippen LogP contribution in [0.5, 0.6) is 0 Å². The zero-order valence-electron chi connectivity index (χ0n) is 4.90.